The molecule has 26 heavy (non-hydrogen) atoms. The van der Waals surface area contributed by atoms with E-state index in [1.807, 2.05) is 0 Å². The molecule has 1 aliphatic rings. The largest absolute Gasteiger partial charge is 0.444 e. The van der Waals surface area contributed by atoms with Crippen molar-refractivity contribution in [2.75, 3.05) is 13.1 Å². The number of pyridine rings is 1. The van der Waals surface area contributed by atoms with Crippen molar-refractivity contribution in [2.45, 2.75) is 51.4 Å². The molecular formula is C17H22F3N3O3. The molecule has 0 aliphatic carbocycles. The van der Waals surface area contributed by atoms with Crippen molar-refractivity contribution in [1.82, 2.24) is 15.2 Å². The number of hydrogen-bond donors (Lipinski definition) is 1. The molecule has 2 amide bonds. The van der Waals surface area contributed by atoms with Crippen molar-refractivity contribution in [2.24, 2.45) is 0 Å². The van der Waals surface area contributed by atoms with E-state index in [1.54, 1.807) is 25.7 Å². The predicted octanol–water partition coefficient (Wildman–Crippen LogP) is 3.23. The van der Waals surface area contributed by atoms with Gasteiger partial charge >= 0.3 is 12.3 Å². The molecule has 2 rings (SSSR count). The van der Waals surface area contributed by atoms with Gasteiger partial charge in [-0.2, -0.15) is 13.2 Å². The predicted molar refractivity (Wildman–Crippen MR) is 87.5 cm³/mol. The van der Waals surface area contributed by atoms with Crippen LogP contribution in [-0.2, 0) is 10.9 Å². The number of piperidine rings is 1. The fourth-order valence-electron chi connectivity index (χ4n) is 2.52. The highest BCUT2D eigenvalue weighted by Crippen LogP contribution is 2.29. The number of amides is 2. The van der Waals surface area contributed by atoms with Crippen LogP contribution < -0.4 is 5.32 Å². The normalized spacial score (nSPS) is 16.3. The molecule has 0 saturated carbocycles. The minimum atomic E-state index is -4.53. The van der Waals surface area contributed by atoms with Crippen LogP contribution in [0.15, 0.2) is 18.3 Å². The lowest BCUT2D eigenvalue weighted by Gasteiger charge is -2.33. The average Bonchev–Trinajstić information content (AvgIpc) is 2.53. The Morgan fingerprint density at radius 2 is 1.85 bits per heavy atom. The number of nitrogens with zero attached hydrogens (tertiary/aromatic N) is 2. The molecule has 6 nitrogen and oxygen atoms in total. The minimum Gasteiger partial charge on any atom is -0.444 e. The molecular weight excluding hydrogens is 351 g/mol. The van der Waals surface area contributed by atoms with E-state index in [2.05, 4.69) is 10.3 Å². The molecule has 0 unspecified atom stereocenters. The van der Waals surface area contributed by atoms with Gasteiger partial charge in [-0.1, -0.05) is 0 Å². The van der Waals surface area contributed by atoms with Crippen molar-refractivity contribution in [3.8, 4) is 0 Å². The van der Waals surface area contributed by atoms with Crippen LogP contribution in [0.5, 0.6) is 0 Å². The molecule has 1 fully saturated rings. The fraction of sp³-hybridized carbons (Fsp3) is 0.588. The number of carbonyl (C=O) groups is 2. The zero-order chi connectivity index (χ0) is 19.5. The number of hydrogen-bond acceptors (Lipinski definition) is 4. The maximum atomic E-state index is 12.7. The molecule has 1 N–H and O–H groups in total. The van der Waals surface area contributed by atoms with Crippen LogP contribution in [0.4, 0.5) is 18.0 Å². The van der Waals surface area contributed by atoms with Crippen LogP contribution in [0.3, 0.4) is 0 Å². The van der Waals surface area contributed by atoms with Crippen molar-refractivity contribution in [1.29, 1.82) is 0 Å². The summed E-state index contributed by atoms with van der Waals surface area (Å²) in [6.07, 6.45) is -3.00. The number of aromatic nitrogens is 1. The zero-order valence-electron chi connectivity index (χ0n) is 14.9. The van der Waals surface area contributed by atoms with Crippen molar-refractivity contribution in [3.63, 3.8) is 0 Å². The van der Waals surface area contributed by atoms with E-state index in [0.717, 1.165) is 18.3 Å². The Morgan fingerprint density at radius 1 is 1.23 bits per heavy atom. The van der Waals surface area contributed by atoms with Crippen molar-refractivity contribution in [3.05, 3.63) is 29.6 Å². The van der Waals surface area contributed by atoms with Crippen LogP contribution in [0, 0.1) is 0 Å². The number of likely N-dealkylation sites (tertiary alicyclic amines) is 1. The molecule has 2 heterocycles. The number of alkyl halides is 3. The van der Waals surface area contributed by atoms with E-state index in [9.17, 15) is 22.8 Å². The van der Waals surface area contributed by atoms with E-state index in [4.69, 9.17) is 4.74 Å². The molecule has 0 bridgehead atoms. The molecule has 1 aromatic rings. The van der Waals surface area contributed by atoms with Crippen LogP contribution >= 0.6 is 0 Å². The maximum Gasteiger partial charge on any atom is 0.416 e. The third-order valence-electron chi connectivity index (χ3n) is 3.80. The molecule has 1 aliphatic heterocycles. The summed E-state index contributed by atoms with van der Waals surface area (Å²) >= 11 is 0. The smallest absolute Gasteiger partial charge is 0.416 e. The Morgan fingerprint density at radius 3 is 2.38 bits per heavy atom. The van der Waals surface area contributed by atoms with Gasteiger partial charge in [0.2, 0.25) is 0 Å². The summed E-state index contributed by atoms with van der Waals surface area (Å²) in [6.45, 7) is 6.13. The SMILES string of the molecule is CC(C)(C)OC(=O)N1CCC(NC(=O)c2cc(C(F)(F)F)ccn2)CC1. The molecule has 144 valence electrons. The average molecular weight is 373 g/mol. The lowest BCUT2D eigenvalue weighted by atomic mass is 10.0. The summed E-state index contributed by atoms with van der Waals surface area (Å²) in [4.78, 5) is 29.4. The monoisotopic (exact) mass is 373 g/mol. The quantitative estimate of drug-likeness (QED) is 0.864. The third kappa shape index (κ3) is 5.60. The van der Waals surface area contributed by atoms with E-state index in [0.29, 0.717) is 25.9 Å². The van der Waals surface area contributed by atoms with Crippen LogP contribution in [0.1, 0.15) is 49.7 Å². The minimum absolute atomic E-state index is 0.238. The van der Waals surface area contributed by atoms with Crippen LogP contribution in [0.25, 0.3) is 0 Å². The second kappa shape index (κ2) is 7.51. The molecule has 0 atom stereocenters. The molecule has 9 heteroatoms. The summed E-state index contributed by atoms with van der Waals surface area (Å²) in [5, 5.41) is 2.67. The molecule has 1 aromatic heterocycles. The molecule has 0 spiro atoms. The highest BCUT2D eigenvalue weighted by molar-refractivity contribution is 5.92. The highest BCUT2D eigenvalue weighted by atomic mass is 19.4. The first-order valence-corrected chi connectivity index (χ1v) is 8.28. The summed E-state index contributed by atoms with van der Waals surface area (Å²) in [5.41, 5.74) is -1.79. The highest BCUT2D eigenvalue weighted by Gasteiger charge is 2.32. The van der Waals surface area contributed by atoms with Crippen LogP contribution in [-0.4, -0.2) is 46.6 Å². The van der Waals surface area contributed by atoms with Gasteiger partial charge < -0.3 is 15.0 Å². The van der Waals surface area contributed by atoms with E-state index < -0.39 is 29.3 Å². The second-order valence-corrected chi connectivity index (χ2v) is 7.14. The van der Waals surface area contributed by atoms with Gasteiger partial charge in [0.15, 0.2) is 0 Å². The number of nitrogens with one attached hydrogen (secondary N) is 1. The van der Waals surface area contributed by atoms with Crippen LogP contribution in [0.2, 0.25) is 0 Å². The van der Waals surface area contributed by atoms with Gasteiger partial charge in [-0.15, -0.1) is 0 Å². The first-order valence-electron chi connectivity index (χ1n) is 8.28. The zero-order valence-corrected chi connectivity index (χ0v) is 14.9. The fourth-order valence-corrected chi connectivity index (χ4v) is 2.52. The van der Waals surface area contributed by atoms with Gasteiger partial charge in [0.25, 0.3) is 5.91 Å². The summed E-state index contributed by atoms with van der Waals surface area (Å²) in [7, 11) is 0. The number of carbonyl (C=O) groups excluding carboxylic acids is 2. The van der Waals surface area contributed by atoms with Gasteiger partial charge in [0.1, 0.15) is 11.3 Å². The number of ether oxygens (including phenoxy) is 1. The molecule has 0 aromatic carbocycles. The van der Waals surface area contributed by atoms with Gasteiger partial charge in [-0.25, -0.2) is 4.79 Å². The third-order valence-corrected chi connectivity index (χ3v) is 3.80. The second-order valence-electron chi connectivity index (χ2n) is 7.14. The Hall–Kier alpha value is -2.32. The Labute approximate surface area is 149 Å². The van der Waals surface area contributed by atoms with Gasteiger partial charge in [-0.05, 0) is 45.7 Å². The van der Waals surface area contributed by atoms with Gasteiger partial charge in [0.05, 0.1) is 5.56 Å². The summed E-state index contributed by atoms with van der Waals surface area (Å²) in [6, 6.07) is 1.30. The Kier molecular flexibility index (Phi) is 5.77. The Bertz CT molecular complexity index is 663. The first kappa shape index (κ1) is 20.0. The lowest BCUT2D eigenvalue weighted by molar-refractivity contribution is -0.137. The van der Waals surface area contributed by atoms with E-state index >= 15 is 0 Å². The summed E-state index contributed by atoms with van der Waals surface area (Å²) < 4.78 is 43.4. The maximum absolute atomic E-state index is 12.7. The molecule has 1 saturated heterocycles. The number of rotatable bonds is 2. The first-order chi connectivity index (χ1) is 12.0. The lowest BCUT2D eigenvalue weighted by Crippen LogP contribution is -2.47. The van der Waals surface area contributed by atoms with E-state index in [1.165, 1.54) is 0 Å². The standard InChI is InChI=1S/C17H22F3N3O3/c1-16(2,3)26-15(25)23-8-5-12(6-9-23)22-14(24)13-10-11(4-7-21-13)17(18,19)20/h4,7,10,12H,5-6,8-9H2,1-3H3,(H,22,24). The van der Waals surface area contributed by atoms with Gasteiger partial charge in [-0.3, -0.25) is 9.78 Å². The Balaban J connectivity index is 1.90. The number of halogens is 3. The molecule has 0 radical (unpaired) electrons. The topological polar surface area (TPSA) is 71.5 Å². The summed E-state index contributed by atoms with van der Waals surface area (Å²) in [5.74, 6) is -0.660. The van der Waals surface area contributed by atoms with E-state index in [-0.39, 0.29) is 11.7 Å². The van der Waals surface area contributed by atoms with Crippen molar-refractivity contribution < 1.29 is 27.5 Å². The van der Waals surface area contributed by atoms with Crippen molar-refractivity contribution >= 4 is 12.0 Å². The van der Waals surface area contributed by atoms with Gasteiger partial charge in [0, 0.05) is 25.3 Å².